The van der Waals surface area contributed by atoms with Crippen LogP contribution in [0.4, 0.5) is 5.69 Å². The maximum Gasteiger partial charge on any atom is 0.324 e. The Hall–Kier alpha value is -2.02. The first-order valence-corrected chi connectivity index (χ1v) is 8.70. The molecule has 0 aliphatic carbocycles. The maximum atomic E-state index is 12.0. The molecule has 1 unspecified atom stereocenters. The molecule has 124 valence electrons. The maximum absolute atomic E-state index is 12.0. The zero-order valence-electron chi connectivity index (χ0n) is 13.2. The number of likely N-dealkylation sites (tertiary alicyclic amines) is 1. The number of benzene rings is 1. The number of nitrogens with one attached hydrogen (secondary N) is 1. The van der Waals surface area contributed by atoms with Crippen molar-refractivity contribution in [1.29, 1.82) is 0 Å². The summed E-state index contributed by atoms with van der Waals surface area (Å²) in [7, 11) is 0. The predicted octanol–water partition coefficient (Wildman–Crippen LogP) is 1.90. The predicted molar refractivity (Wildman–Crippen MR) is 89.5 cm³/mol. The van der Waals surface area contributed by atoms with E-state index in [9.17, 15) is 14.4 Å². The fourth-order valence-electron chi connectivity index (χ4n) is 2.18. The van der Waals surface area contributed by atoms with Crippen LogP contribution in [-0.2, 0) is 14.4 Å². The molecular formula is C16H20N2O4S. The fourth-order valence-corrected chi connectivity index (χ4v) is 2.42. The van der Waals surface area contributed by atoms with Crippen LogP contribution in [-0.4, -0.2) is 47.3 Å². The van der Waals surface area contributed by atoms with Crippen LogP contribution in [0.25, 0.3) is 0 Å². The summed E-state index contributed by atoms with van der Waals surface area (Å²) in [5.41, 5.74) is 0.531. The average molecular weight is 336 g/mol. The van der Waals surface area contributed by atoms with E-state index in [1.807, 2.05) is 6.26 Å². The van der Waals surface area contributed by atoms with E-state index < -0.39 is 0 Å². The lowest BCUT2D eigenvalue weighted by atomic mass is 10.3. The Balaban J connectivity index is 1.92. The highest BCUT2D eigenvalue weighted by atomic mass is 32.2. The lowest BCUT2D eigenvalue weighted by Crippen LogP contribution is -2.33. The van der Waals surface area contributed by atoms with Crippen LogP contribution < -0.4 is 10.1 Å². The first-order valence-electron chi connectivity index (χ1n) is 7.42. The van der Waals surface area contributed by atoms with E-state index in [1.54, 1.807) is 36.1 Å². The third-order valence-corrected chi connectivity index (χ3v) is 4.43. The van der Waals surface area contributed by atoms with Crippen molar-refractivity contribution in [2.45, 2.75) is 25.0 Å². The molecule has 1 N–H and O–H groups in total. The Bertz CT molecular complexity index is 605. The summed E-state index contributed by atoms with van der Waals surface area (Å²) in [6, 6.07) is 6.65. The van der Waals surface area contributed by atoms with Crippen LogP contribution in [0, 0.1) is 0 Å². The number of thioether (sulfide) groups is 1. The second-order valence-electron chi connectivity index (χ2n) is 5.29. The first kappa shape index (κ1) is 17.3. The van der Waals surface area contributed by atoms with Gasteiger partial charge >= 0.3 is 5.97 Å². The second-order valence-corrected chi connectivity index (χ2v) is 6.47. The Morgan fingerprint density at radius 2 is 2.22 bits per heavy atom. The standard InChI is InChI=1S/C16H20N2O4S/c1-11(23-2)16(21)22-13-6-3-5-12(9-13)17-14(19)10-18-8-4-7-15(18)20/h3,5-6,9,11H,4,7-8,10H2,1-2H3,(H,17,19). The Morgan fingerprint density at radius 3 is 2.87 bits per heavy atom. The zero-order valence-corrected chi connectivity index (χ0v) is 14.0. The van der Waals surface area contributed by atoms with Crippen molar-refractivity contribution in [3.8, 4) is 5.75 Å². The molecule has 1 atom stereocenters. The van der Waals surface area contributed by atoms with E-state index in [1.165, 1.54) is 11.8 Å². The lowest BCUT2D eigenvalue weighted by Gasteiger charge is -2.15. The highest BCUT2D eigenvalue weighted by Crippen LogP contribution is 2.19. The SMILES string of the molecule is CSC(C)C(=O)Oc1cccc(NC(=O)CN2CCCC2=O)c1. The van der Waals surface area contributed by atoms with Crippen LogP contribution in [0.2, 0.25) is 0 Å². The molecule has 2 rings (SSSR count). The van der Waals surface area contributed by atoms with Crippen molar-refractivity contribution < 1.29 is 19.1 Å². The summed E-state index contributed by atoms with van der Waals surface area (Å²) >= 11 is 1.40. The number of rotatable bonds is 6. The Labute approximate surface area is 139 Å². The van der Waals surface area contributed by atoms with Crippen LogP contribution >= 0.6 is 11.8 Å². The van der Waals surface area contributed by atoms with Gasteiger partial charge in [-0.05, 0) is 31.7 Å². The number of ether oxygens (including phenoxy) is 1. The minimum absolute atomic E-state index is 0.00823. The van der Waals surface area contributed by atoms with Crippen LogP contribution in [0.3, 0.4) is 0 Å². The first-order chi connectivity index (χ1) is 11.0. The Kier molecular flexibility index (Phi) is 6.04. The number of carbonyl (C=O) groups is 3. The van der Waals surface area contributed by atoms with Gasteiger partial charge in [0.15, 0.2) is 0 Å². The molecule has 0 saturated carbocycles. The second kappa shape index (κ2) is 8.01. The monoisotopic (exact) mass is 336 g/mol. The number of carbonyl (C=O) groups excluding carboxylic acids is 3. The summed E-state index contributed by atoms with van der Waals surface area (Å²) in [5, 5.41) is 2.46. The molecule has 1 aromatic rings. The summed E-state index contributed by atoms with van der Waals surface area (Å²) in [5.74, 6) is -0.204. The molecule has 23 heavy (non-hydrogen) atoms. The number of amides is 2. The minimum atomic E-state index is -0.330. The highest BCUT2D eigenvalue weighted by Gasteiger charge is 2.22. The van der Waals surface area contributed by atoms with Crippen molar-refractivity contribution in [3.05, 3.63) is 24.3 Å². The van der Waals surface area contributed by atoms with Crippen molar-refractivity contribution in [2.24, 2.45) is 0 Å². The highest BCUT2D eigenvalue weighted by molar-refractivity contribution is 7.99. The quantitative estimate of drug-likeness (QED) is 0.634. The van der Waals surface area contributed by atoms with Crippen molar-refractivity contribution >= 4 is 35.2 Å². The third kappa shape index (κ3) is 4.99. The van der Waals surface area contributed by atoms with Gasteiger partial charge in [0.1, 0.15) is 5.75 Å². The molecular weight excluding hydrogens is 316 g/mol. The topological polar surface area (TPSA) is 75.7 Å². The van der Waals surface area contributed by atoms with Gasteiger partial charge in [-0.15, -0.1) is 0 Å². The minimum Gasteiger partial charge on any atom is -0.426 e. The molecule has 2 amide bonds. The van der Waals surface area contributed by atoms with Crippen molar-refractivity contribution in [1.82, 2.24) is 4.90 Å². The average Bonchev–Trinajstić information content (AvgIpc) is 2.91. The molecule has 0 bridgehead atoms. The molecule has 6 nitrogen and oxygen atoms in total. The fraction of sp³-hybridized carbons (Fsp3) is 0.438. The molecule has 1 heterocycles. The van der Waals surface area contributed by atoms with Crippen molar-refractivity contribution in [3.63, 3.8) is 0 Å². The smallest absolute Gasteiger partial charge is 0.324 e. The molecule has 1 aromatic carbocycles. The summed E-state index contributed by atoms with van der Waals surface area (Å²) in [6.07, 6.45) is 3.14. The lowest BCUT2D eigenvalue weighted by molar-refractivity contribution is -0.133. The molecule has 7 heteroatoms. The molecule has 0 radical (unpaired) electrons. The molecule has 0 spiro atoms. The number of hydrogen-bond donors (Lipinski definition) is 1. The largest absolute Gasteiger partial charge is 0.426 e. The van der Waals surface area contributed by atoms with Gasteiger partial charge in [0, 0.05) is 24.7 Å². The van der Waals surface area contributed by atoms with Gasteiger partial charge in [-0.25, -0.2) is 0 Å². The van der Waals surface area contributed by atoms with Gasteiger partial charge in [0.2, 0.25) is 11.8 Å². The van der Waals surface area contributed by atoms with Gasteiger partial charge in [0.05, 0.1) is 11.8 Å². The van der Waals surface area contributed by atoms with Gasteiger partial charge in [0.25, 0.3) is 0 Å². The Morgan fingerprint density at radius 1 is 1.43 bits per heavy atom. The van der Waals surface area contributed by atoms with Gasteiger partial charge in [-0.1, -0.05) is 6.07 Å². The molecule has 1 aliphatic heterocycles. The van der Waals surface area contributed by atoms with E-state index in [0.717, 1.165) is 6.42 Å². The van der Waals surface area contributed by atoms with E-state index in [4.69, 9.17) is 4.74 Å². The van der Waals surface area contributed by atoms with E-state index in [-0.39, 0.29) is 29.6 Å². The molecule has 1 saturated heterocycles. The molecule has 0 aromatic heterocycles. The summed E-state index contributed by atoms with van der Waals surface area (Å²) < 4.78 is 5.26. The molecule has 1 fully saturated rings. The number of esters is 1. The van der Waals surface area contributed by atoms with E-state index in [0.29, 0.717) is 24.4 Å². The summed E-state index contributed by atoms with van der Waals surface area (Å²) in [4.78, 5) is 36.8. The molecule has 1 aliphatic rings. The van der Waals surface area contributed by atoms with Gasteiger partial charge in [-0.2, -0.15) is 11.8 Å². The zero-order chi connectivity index (χ0) is 16.8. The van der Waals surface area contributed by atoms with Gasteiger partial charge < -0.3 is 15.0 Å². The number of hydrogen-bond acceptors (Lipinski definition) is 5. The van der Waals surface area contributed by atoms with E-state index in [2.05, 4.69) is 5.32 Å². The van der Waals surface area contributed by atoms with Crippen molar-refractivity contribution in [2.75, 3.05) is 24.7 Å². The van der Waals surface area contributed by atoms with Gasteiger partial charge in [-0.3, -0.25) is 14.4 Å². The van der Waals surface area contributed by atoms with Crippen LogP contribution in [0.1, 0.15) is 19.8 Å². The van der Waals surface area contributed by atoms with E-state index >= 15 is 0 Å². The number of nitrogens with zero attached hydrogens (tertiary/aromatic N) is 1. The third-order valence-electron chi connectivity index (χ3n) is 3.53. The number of anilines is 1. The van der Waals surface area contributed by atoms with Crippen LogP contribution in [0.15, 0.2) is 24.3 Å². The summed E-state index contributed by atoms with van der Waals surface area (Å²) in [6.45, 7) is 2.44. The normalized spacial score (nSPS) is 15.4. The van der Waals surface area contributed by atoms with Crippen LogP contribution in [0.5, 0.6) is 5.75 Å².